The molecule has 1 rings (SSSR count). The van der Waals surface area contributed by atoms with Gasteiger partial charge in [-0.05, 0) is 38.3 Å². The molecule has 0 saturated heterocycles. The van der Waals surface area contributed by atoms with Gasteiger partial charge >= 0.3 is 0 Å². The molecular formula is C17H30N4O2S. The van der Waals surface area contributed by atoms with Gasteiger partial charge in [-0.15, -0.1) is 0 Å². The van der Waals surface area contributed by atoms with Gasteiger partial charge in [0.25, 0.3) is 0 Å². The maximum atomic E-state index is 12.2. The third-order valence-corrected chi connectivity index (χ3v) is 4.84. The van der Waals surface area contributed by atoms with E-state index in [1.165, 1.54) is 0 Å². The number of aryl methyl sites for hydroxylation is 1. The molecule has 0 atom stereocenters. The Morgan fingerprint density at radius 3 is 2.38 bits per heavy atom. The van der Waals surface area contributed by atoms with Crippen molar-refractivity contribution in [3.63, 3.8) is 0 Å². The van der Waals surface area contributed by atoms with Crippen LogP contribution in [-0.2, 0) is 10.0 Å². The number of hydrogen-bond donors (Lipinski definition) is 3. The number of sulfonamides is 1. The normalized spacial score (nSPS) is 12.5. The molecule has 3 N–H and O–H groups in total. The van der Waals surface area contributed by atoms with E-state index in [-0.39, 0.29) is 4.90 Å². The van der Waals surface area contributed by atoms with Gasteiger partial charge in [0.1, 0.15) is 0 Å². The van der Waals surface area contributed by atoms with E-state index in [1.807, 2.05) is 13.8 Å². The lowest BCUT2D eigenvalue weighted by molar-refractivity contribution is 0.579. The molecule has 0 aliphatic rings. The first-order valence-corrected chi connectivity index (χ1v) is 9.92. The Morgan fingerprint density at radius 2 is 1.79 bits per heavy atom. The van der Waals surface area contributed by atoms with Gasteiger partial charge in [0.05, 0.1) is 4.90 Å². The van der Waals surface area contributed by atoms with Crippen LogP contribution in [0.15, 0.2) is 34.2 Å². The van der Waals surface area contributed by atoms with Crippen molar-refractivity contribution in [1.82, 2.24) is 15.4 Å². The van der Waals surface area contributed by atoms with E-state index < -0.39 is 10.0 Å². The number of nitrogens with zero attached hydrogens (tertiary/aromatic N) is 1. The van der Waals surface area contributed by atoms with Crippen LogP contribution in [0.4, 0.5) is 0 Å². The minimum Gasteiger partial charge on any atom is -0.357 e. The molecule has 0 fully saturated rings. The lowest BCUT2D eigenvalue weighted by Crippen LogP contribution is -2.41. The molecule has 0 amide bonds. The highest BCUT2D eigenvalue weighted by Crippen LogP contribution is 2.09. The molecule has 0 heterocycles. The molecule has 1 aromatic carbocycles. The van der Waals surface area contributed by atoms with Gasteiger partial charge in [-0.1, -0.05) is 31.5 Å². The van der Waals surface area contributed by atoms with E-state index in [2.05, 4.69) is 34.2 Å². The summed E-state index contributed by atoms with van der Waals surface area (Å²) in [5.74, 6) is 1.32. The van der Waals surface area contributed by atoms with Crippen molar-refractivity contribution in [2.45, 2.75) is 39.0 Å². The van der Waals surface area contributed by atoms with Crippen molar-refractivity contribution in [1.29, 1.82) is 0 Å². The fourth-order valence-electron chi connectivity index (χ4n) is 1.94. The van der Waals surface area contributed by atoms with Crippen molar-refractivity contribution in [2.24, 2.45) is 10.9 Å². The second-order valence-electron chi connectivity index (χ2n) is 6.08. The zero-order chi connectivity index (χ0) is 18.0. The molecule has 0 spiro atoms. The Kier molecular flexibility index (Phi) is 8.78. The number of benzene rings is 1. The zero-order valence-electron chi connectivity index (χ0n) is 15.1. The summed E-state index contributed by atoms with van der Waals surface area (Å²) in [4.78, 5) is 4.76. The van der Waals surface area contributed by atoms with Gasteiger partial charge < -0.3 is 10.6 Å². The Labute approximate surface area is 146 Å². The van der Waals surface area contributed by atoms with Gasteiger partial charge in [-0.2, -0.15) is 0 Å². The number of rotatable bonds is 9. The molecule has 0 aromatic heterocycles. The van der Waals surface area contributed by atoms with Crippen LogP contribution < -0.4 is 15.4 Å². The van der Waals surface area contributed by atoms with E-state index in [0.717, 1.165) is 25.1 Å². The average Bonchev–Trinajstić information content (AvgIpc) is 2.51. The maximum absolute atomic E-state index is 12.2. The summed E-state index contributed by atoms with van der Waals surface area (Å²) < 4.78 is 26.9. The molecule has 136 valence electrons. The van der Waals surface area contributed by atoms with Gasteiger partial charge in [0.15, 0.2) is 5.96 Å². The maximum Gasteiger partial charge on any atom is 0.240 e. The summed E-state index contributed by atoms with van der Waals surface area (Å²) in [6.07, 6.45) is 1.02. The predicted molar refractivity (Wildman–Crippen MR) is 99.8 cm³/mol. The Bertz CT molecular complexity index is 610. The summed E-state index contributed by atoms with van der Waals surface area (Å²) in [6, 6.07) is 6.81. The molecule has 1 aromatic rings. The molecular weight excluding hydrogens is 324 g/mol. The van der Waals surface area contributed by atoms with Crippen LogP contribution >= 0.6 is 0 Å². The zero-order valence-corrected chi connectivity index (χ0v) is 15.9. The molecule has 24 heavy (non-hydrogen) atoms. The van der Waals surface area contributed by atoms with Crippen molar-refractivity contribution >= 4 is 16.0 Å². The van der Waals surface area contributed by atoms with Crippen LogP contribution in [0.1, 0.15) is 32.8 Å². The van der Waals surface area contributed by atoms with Crippen LogP contribution in [0, 0.1) is 12.8 Å². The largest absolute Gasteiger partial charge is 0.357 e. The fraction of sp³-hybridized carbons (Fsp3) is 0.588. The third kappa shape index (κ3) is 7.79. The first kappa shape index (κ1) is 20.4. The molecule has 0 radical (unpaired) electrons. The minimum atomic E-state index is -3.47. The third-order valence-electron chi connectivity index (χ3n) is 3.36. The van der Waals surface area contributed by atoms with Crippen LogP contribution in [-0.4, -0.2) is 40.6 Å². The fourth-order valence-corrected chi connectivity index (χ4v) is 2.98. The van der Waals surface area contributed by atoms with Gasteiger partial charge in [0, 0.05) is 26.2 Å². The molecule has 0 bridgehead atoms. The summed E-state index contributed by atoms with van der Waals surface area (Å²) in [5, 5.41) is 6.29. The van der Waals surface area contributed by atoms with Crippen LogP contribution in [0.3, 0.4) is 0 Å². The second-order valence-corrected chi connectivity index (χ2v) is 7.85. The van der Waals surface area contributed by atoms with Crippen LogP contribution in [0.25, 0.3) is 0 Å². The monoisotopic (exact) mass is 354 g/mol. The molecule has 0 aliphatic carbocycles. The lowest BCUT2D eigenvalue weighted by Gasteiger charge is -2.12. The first-order valence-electron chi connectivity index (χ1n) is 8.43. The molecule has 0 unspecified atom stereocenters. The smallest absolute Gasteiger partial charge is 0.240 e. The average molecular weight is 355 g/mol. The topological polar surface area (TPSA) is 82.6 Å². The lowest BCUT2D eigenvalue weighted by atomic mass is 10.1. The van der Waals surface area contributed by atoms with E-state index in [4.69, 9.17) is 0 Å². The predicted octanol–water partition coefficient (Wildman–Crippen LogP) is 1.87. The van der Waals surface area contributed by atoms with E-state index >= 15 is 0 Å². The number of aliphatic imine (C=N–C) groups is 1. The minimum absolute atomic E-state index is 0.283. The number of nitrogens with one attached hydrogen (secondary N) is 3. The van der Waals surface area contributed by atoms with Crippen molar-refractivity contribution in [3.05, 3.63) is 29.8 Å². The number of hydrogen-bond acceptors (Lipinski definition) is 3. The van der Waals surface area contributed by atoms with Crippen molar-refractivity contribution in [3.8, 4) is 0 Å². The molecule has 0 saturated carbocycles. The Balaban J connectivity index is 2.45. The number of guanidine groups is 1. The van der Waals surface area contributed by atoms with Crippen LogP contribution in [0.2, 0.25) is 0 Å². The Hall–Kier alpha value is -1.60. The molecule has 6 nitrogen and oxygen atoms in total. The summed E-state index contributed by atoms with van der Waals surface area (Å²) in [6.45, 7) is 10.5. The van der Waals surface area contributed by atoms with E-state index in [9.17, 15) is 8.42 Å². The summed E-state index contributed by atoms with van der Waals surface area (Å²) in [5.41, 5.74) is 1.03. The standard InChI is InChI=1S/C17H30N4O2S/c1-5-18-17(19-11-10-14(2)3)20-12-13-21-24(22,23)16-8-6-15(4)7-9-16/h6-9,14,21H,5,10-13H2,1-4H3,(H2,18,19,20). The van der Waals surface area contributed by atoms with E-state index in [1.54, 1.807) is 24.3 Å². The van der Waals surface area contributed by atoms with Crippen molar-refractivity contribution in [2.75, 3.05) is 26.2 Å². The SMILES string of the molecule is CCNC(=NCCC(C)C)NCCNS(=O)(=O)c1ccc(C)cc1. The van der Waals surface area contributed by atoms with Crippen molar-refractivity contribution < 1.29 is 8.42 Å². The highest BCUT2D eigenvalue weighted by molar-refractivity contribution is 7.89. The molecule has 0 aliphatic heterocycles. The second kappa shape index (κ2) is 10.3. The first-order chi connectivity index (χ1) is 11.3. The highest BCUT2D eigenvalue weighted by Gasteiger charge is 2.12. The highest BCUT2D eigenvalue weighted by atomic mass is 32.2. The quantitative estimate of drug-likeness (QED) is 0.359. The van der Waals surface area contributed by atoms with Crippen LogP contribution in [0.5, 0.6) is 0 Å². The van der Waals surface area contributed by atoms with Gasteiger partial charge in [0.2, 0.25) is 10.0 Å². The van der Waals surface area contributed by atoms with Gasteiger partial charge in [-0.25, -0.2) is 13.1 Å². The Morgan fingerprint density at radius 1 is 1.12 bits per heavy atom. The molecule has 7 heteroatoms. The van der Waals surface area contributed by atoms with Gasteiger partial charge in [-0.3, -0.25) is 4.99 Å². The summed E-state index contributed by atoms with van der Waals surface area (Å²) >= 11 is 0. The summed E-state index contributed by atoms with van der Waals surface area (Å²) in [7, 11) is -3.47. The van der Waals surface area contributed by atoms with E-state index in [0.29, 0.717) is 25.0 Å².